The summed E-state index contributed by atoms with van der Waals surface area (Å²) in [6.45, 7) is 6.04. The summed E-state index contributed by atoms with van der Waals surface area (Å²) in [4.78, 5) is 13.4. The lowest BCUT2D eigenvalue weighted by atomic mass is 9.72. The summed E-state index contributed by atoms with van der Waals surface area (Å²) in [6, 6.07) is 13.8. The molecule has 2 saturated heterocycles. The van der Waals surface area contributed by atoms with Crippen LogP contribution in [0.5, 0.6) is 0 Å². The van der Waals surface area contributed by atoms with Crippen LogP contribution in [0.4, 0.5) is 0 Å². The average Bonchev–Trinajstić information content (AvgIpc) is 3.34. The molecule has 0 amide bonds. The van der Waals surface area contributed by atoms with E-state index in [2.05, 4.69) is 18.2 Å². The maximum Gasteiger partial charge on any atom is 0.173 e. The highest BCUT2D eigenvalue weighted by atomic mass is 16.5. The lowest BCUT2D eigenvalue weighted by Crippen LogP contribution is -2.33. The minimum Gasteiger partial charge on any atom is -0.511 e. The molecule has 3 aliphatic rings. The summed E-state index contributed by atoms with van der Waals surface area (Å²) in [7, 11) is 0. The third-order valence-corrected chi connectivity index (χ3v) is 6.87. The zero-order chi connectivity index (χ0) is 20.4. The van der Waals surface area contributed by atoms with Gasteiger partial charge in [-0.15, -0.1) is 0 Å². The third kappa shape index (κ3) is 2.51. The van der Waals surface area contributed by atoms with Crippen LogP contribution >= 0.6 is 0 Å². The number of rotatable bonds is 2. The molecule has 2 bridgehead atoms. The minimum atomic E-state index is -0.287. The Balaban J connectivity index is 1.55. The van der Waals surface area contributed by atoms with Gasteiger partial charge in [0.1, 0.15) is 5.76 Å². The number of hydrogen-bond acceptors (Lipinski definition) is 4. The number of fused-ring (bicyclic) bond motifs is 5. The maximum absolute atomic E-state index is 13.4. The van der Waals surface area contributed by atoms with Crippen molar-refractivity contribution in [2.45, 2.75) is 45.3 Å². The van der Waals surface area contributed by atoms with Crippen molar-refractivity contribution in [3.05, 3.63) is 75.5 Å². The standard InChI is InChI=1S/C25H23NO3/c1-12-8-13(2)19(14(3)9-12)21-23(27)20-18-10-17(25(29-18)22(20)24(21)28)16-6-4-15(11-26)5-7-16/h4-9,17-18,20,22,25,28H,10H2,1-3H3/t17-,18-,20-,22+,25+/m0/s1. The largest absolute Gasteiger partial charge is 0.511 e. The van der Waals surface area contributed by atoms with E-state index in [9.17, 15) is 9.90 Å². The summed E-state index contributed by atoms with van der Waals surface area (Å²) < 4.78 is 6.19. The van der Waals surface area contributed by atoms with Gasteiger partial charge in [0.25, 0.3) is 0 Å². The van der Waals surface area contributed by atoms with E-state index in [4.69, 9.17) is 10.00 Å². The van der Waals surface area contributed by atoms with E-state index in [0.29, 0.717) is 11.1 Å². The van der Waals surface area contributed by atoms with Gasteiger partial charge in [0.05, 0.1) is 41.2 Å². The molecule has 0 unspecified atom stereocenters. The predicted molar refractivity (Wildman–Crippen MR) is 109 cm³/mol. The Hall–Kier alpha value is -2.90. The van der Waals surface area contributed by atoms with E-state index in [1.54, 1.807) is 0 Å². The van der Waals surface area contributed by atoms with Gasteiger partial charge in [0.2, 0.25) is 0 Å². The Labute approximate surface area is 170 Å². The molecule has 0 saturated carbocycles. The fourth-order valence-corrected chi connectivity index (χ4v) is 5.81. The second kappa shape index (κ2) is 6.30. The van der Waals surface area contributed by atoms with Gasteiger partial charge in [0, 0.05) is 5.92 Å². The van der Waals surface area contributed by atoms with Crippen LogP contribution in [0.1, 0.15) is 45.7 Å². The first-order chi connectivity index (χ1) is 13.9. The number of Topliss-reactive ketones (excluding diaryl/α,β-unsaturated/α-hetero) is 1. The van der Waals surface area contributed by atoms with Crippen molar-refractivity contribution in [3.8, 4) is 6.07 Å². The van der Waals surface area contributed by atoms with E-state index in [1.807, 2.05) is 45.0 Å². The molecule has 5 rings (SSSR count). The fraction of sp³-hybridized carbons (Fsp3) is 0.360. The number of allylic oxidation sites excluding steroid dienone is 1. The summed E-state index contributed by atoms with van der Waals surface area (Å²) in [5.41, 5.74) is 6.30. The van der Waals surface area contributed by atoms with Gasteiger partial charge >= 0.3 is 0 Å². The van der Waals surface area contributed by atoms with Crippen molar-refractivity contribution in [2.24, 2.45) is 11.8 Å². The van der Waals surface area contributed by atoms with Gasteiger partial charge in [-0.25, -0.2) is 0 Å². The molecule has 146 valence electrons. The number of carbonyl (C=O) groups excluding carboxylic acids is 1. The molecule has 0 radical (unpaired) electrons. The monoisotopic (exact) mass is 385 g/mol. The molecule has 2 aromatic carbocycles. The van der Waals surface area contributed by atoms with Crippen LogP contribution in [0.3, 0.4) is 0 Å². The Kier molecular flexibility index (Phi) is 3.94. The lowest BCUT2D eigenvalue weighted by Gasteiger charge is -2.27. The second-order valence-electron chi connectivity index (χ2n) is 8.66. The van der Waals surface area contributed by atoms with Gasteiger partial charge in [-0.3, -0.25) is 4.79 Å². The van der Waals surface area contributed by atoms with Crippen LogP contribution in [0, 0.1) is 43.9 Å². The molecule has 2 aromatic rings. The van der Waals surface area contributed by atoms with Crippen molar-refractivity contribution in [1.82, 2.24) is 0 Å². The molecule has 5 atom stereocenters. The summed E-state index contributed by atoms with van der Waals surface area (Å²) in [5.74, 6) is -0.223. The van der Waals surface area contributed by atoms with E-state index >= 15 is 0 Å². The molecule has 1 N–H and O–H groups in total. The number of nitriles is 1. The normalized spacial score (nSPS) is 30.0. The Morgan fingerprint density at radius 1 is 1.07 bits per heavy atom. The quantitative estimate of drug-likeness (QED) is 0.825. The molecule has 2 aliphatic heterocycles. The minimum absolute atomic E-state index is 0.0216. The first-order valence-electron chi connectivity index (χ1n) is 10.1. The highest BCUT2D eigenvalue weighted by molar-refractivity contribution is 6.26. The van der Waals surface area contributed by atoms with Crippen LogP contribution in [-0.2, 0) is 9.53 Å². The number of carbonyl (C=O) groups is 1. The van der Waals surface area contributed by atoms with Gasteiger partial charge in [0.15, 0.2) is 5.78 Å². The number of benzene rings is 2. The van der Waals surface area contributed by atoms with Crippen molar-refractivity contribution in [2.75, 3.05) is 0 Å². The SMILES string of the molecule is Cc1cc(C)c(C2=C(O)[C@@H]3[C@@H]4O[C@@H](C[C@H]4c4ccc(C#N)cc4)[C@@H]3C2=O)c(C)c1. The molecule has 4 heteroatoms. The average molecular weight is 385 g/mol. The van der Waals surface area contributed by atoms with E-state index < -0.39 is 0 Å². The van der Waals surface area contributed by atoms with Gasteiger partial charge < -0.3 is 9.84 Å². The number of ether oxygens (including phenoxy) is 1. The number of aliphatic hydroxyl groups is 1. The Morgan fingerprint density at radius 3 is 2.34 bits per heavy atom. The molecule has 0 spiro atoms. The molecular formula is C25H23NO3. The number of hydrogen-bond donors (Lipinski definition) is 1. The van der Waals surface area contributed by atoms with Crippen LogP contribution < -0.4 is 0 Å². The second-order valence-corrected chi connectivity index (χ2v) is 8.66. The number of nitrogens with zero attached hydrogens (tertiary/aromatic N) is 1. The van der Waals surface area contributed by atoms with Crippen molar-refractivity contribution >= 4 is 11.4 Å². The number of aryl methyl sites for hydroxylation is 3. The van der Waals surface area contributed by atoms with E-state index in [-0.39, 0.29) is 41.5 Å². The highest BCUT2D eigenvalue weighted by Gasteiger charge is 2.62. The van der Waals surface area contributed by atoms with Gasteiger partial charge in [-0.1, -0.05) is 29.8 Å². The van der Waals surface area contributed by atoms with Crippen molar-refractivity contribution in [1.29, 1.82) is 5.26 Å². The van der Waals surface area contributed by atoms with E-state index in [0.717, 1.165) is 34.2 Å². The lowest BCUT2D eigenvalue weighted by molar-refractivity contribution is -0.118. The van der Waals surface area contributed by atoms with Crippen molar-refractivity contribution in [3.63, 3.8) is 0 Å². The maximum atomic E-state index is 13.4. The molecule has 2 fully saturated rings. The number of ketones is 1. The molecule has 29 heavy (non-hydrogen) atoms. The molecule has 4 nitrogen and oxygen atoms in total. The molecule has 1 aliphatic carbocycles. The van der Waals surface area contributed by atoms with Crippen LogP contribution in [0.15, 0.2) is 42.2 Å². The zero-order valence-corrected chi connectivity index (χ0v) is 16.8. The zero-order valence-electron chi connectivity index (χ0n) is 16.8. The molecule has 0 aromatic heterocycles. The van der Waals surface area contributed by atoms with Gasteiger partial charge in [-0.2, -0.15) is 5.26 Å². The predicted octanol–water partition coefficient (Wildman–Crippen LogP) is 4.52. The first-order valence-corrected chi connectivity index (χ1v) is 10.1. The topological polar surface area (TPSA) is 70.3 Å². The van der Waals surface area contributed by atoms with E-state index in [1.165, 1.54) is 0 Å². The highest BCUT2D eigenvalue weighted by Crippen LogP contribution is 2.58. The smallest absolute Gasteiger partial charge is 0.173 e. The molecular weight excluding hydrogens is 362 g/mol. The number of aliphatic hydroxyl groups excluding tert-OH is 1. The summed E-state index contributed by atoms with van der Waals surface area (Å²) in [5, 5.41) is 20.2. The van der Waals surface area contributed by atoms with Crippen molar-refractivity contribution < 1.29 is 14.6 Å². The Bertz CT molecular complexity index is 1080. The summed E-state index contributed by atoms with van der Waals surface area (Å²) >= 11 is 0. The third-order valence-electron chi connectivity index (χ3n) is 6.87. The first kappa shape index (κ1) is 18.1. The summed E-state index contributed by atoms with van der Waals surface area (Å²) in [6.07, 6.45) is 0.407. The Morgan fingerprint density at radius 2 is 1.72 bits per heavy atom. The fourth-order valence-electron chi connectivity index (χ4n) is 5.81. The van der Waals surface area contributed by atoms with Gasteiger partial charge in [-0.05, 0) is 61.6 Å². The van der Waals surface area contributed by atoms with Crippen LogP contribution in [0.2, 0.25) is 0 Å². The van der Waals surface area contributed by atoms with Crippen LogP contribution in [0.25, 0.3) is 5.57 Å². The van der Waals surface area contributed by atoms with Crippen LogP contribution in [-0.4, -0.2) is 23.1 Å². The molecule has 2 heterocycles.